The molecule has 0 bridgehead atoms. The van der Waals surface area contributed by atoms with Gasteiger partial charge in [-0.05, 0) is 79.4 Å². The highest BCUT2D eigenvalue weighted by atomic mass is 32.2. The maximum atomic E-state index is 12.2. The van der Waals surface area contributed by atoms with Gasteiger partial charge in [-0.25, -0.2) is 4.79 Å². The fourth-order valence-corrected chi connectivity index (χ4v) is 7.69. The van der Waals surface area contributed by atoms with Gasteiger partial charge in [-0.2, -0.15) is 4.57 Å². The van der Waals surface area contributed by atoms with Gasteiger partial charge in [0.15, 0.2) is 0 Å². The Balaban J connectivity index is 1.53. The molecule has 0 radical (unpaired) electrons. The van der Waals surface area contributed by atoms with E-state index in [9.17, 15) is 4.79 Å². The number of thioether (sulfide) groups is 1. The van der Waals surface area contributed by atoms with Gasteiger partial charge in [0.2, 0.25) is 5.52 Å². The minimum atomic E-state index is -0.342. The van der Waals surface area contributed by atoms with Crippen molar-refractivity contribution in [2.24, 2.45) is 7.05 Å². The van der Waals surface area contributed by atoms with E-state index in [0.29, 0.717) is 5.56 Å². The van der Waals surface area contributed by atoms with Crippen molar-refractivity contribution in [2.75, 3.05) is 38.4 Å². The van der Waals surface area contributed by atoms with E-state index in [1.165, 1.54) is 22.4 Å². The molecular weight excluding hydrogens is 595 g/mol. The number of rotatable bonds is 9. The number of carbonyl (C=O) groups excluding carboxylic acids is 1. The van der Waals surface area contributed by atoms with Crippen LogP contribution in [-0.2, 0) is 11.8 Å². The van der Waals surface area contributed by atoms with Crippen LogP contribution in [0.3, 0.4) is 0 Å². The lowest BCUT2D eigenvalue weighted by Crippen LogP contribution is -2.28. The number of carbonyl (C=O) groups is 1. The van der Waals surface area contributed by atoms with Crippen LogP contribution in [0, 0.1) is 0 Å². The molecule has 0 aliphatic carbocycles. The number of fused-ring (bicyclic) bond motifs is 2. The van der Waals surface area contributed by atoms with E-state index in [0.717, 1.165) is 51.0 Å². The van der Waals surface area contributed by atoms with Crippen LogP contribution in [0.2, 0.25) is 0 Å². The van der Waals surface area contributed by atoms with E-state index < -0.39 is 0 Å². The Hall–Kier alpha value is -4.43. The number of esters is 1. The molecule has 45 heavy (non-hydrogen) atoms. The van der Waals surface area contributed by atoms with Crippen LogP contribution < -0.4 is 9.47 Å². The van der Waals surface area contributed by atoms with E-state index in [1.807, 2.05) is 36.0 Å². The fraction of sp³-hybridized carbons (Fsp3) is 0.158. The monoisotopic (exact) mass is 630 g/mol. The smallest absolute Gasteiger partial charge is 0.337 e. The molecule has 2 heterocycles. The molecule has 0 unspecified atom stereocenters. The minimum Gasteiger partial charge on any atom is -0.465 e. The van der Waals surface area contributed by atoms with Crippen molar-refractivity contribution >= 4 is 67.9 Å². The standard InChI is InChI=1S/C38H36N3O2S2/c1-39(2)22-23-44-37-26-30(32-14-8-9-15-33(32)41(37)31-12-6-5-7-13-31)24-29(27-18-20-28(21-19-27)38(42)43-4)25-36-40(3)34-16-10-11-17-35(34)45-36/h5-21,24-26H,22-23H2,1-4H3/q+1. The van der Waals surface area contributed by atoms with Crippen LogP contribution in [-0.4, -0.2) is 44.4 Å². The van der Waals surface area contributed by atoms with Gasteiger partial charge in [-0.3, -0.25) is 0 Å². The summed E-state index contributed by atoms with van der Waals surface area (Å²) in [4.78, 5) is 16.8. The third-order valence-electron chi connectivity index (χ3n) is 7.76. The van der Waals surface area contributed by atoms with Crippen molar-refractivity contribution in [1.29, 1.82) is 0 Å². The first-order valence-corrected chi connectivity index (χ1v) is 16.7. The van der Waals surface area contributed by atoms with Crippen LogP contribution in [0.1, 0.15) is 26.5 Å². The fourth-order valence-electron chi connectivity index (χ4n) is 5.38. The maximum Gasteiger partial charge on any atom is 0.337 e. The Kier molecular flexibility index (Phi) is 9.31. The zero-order valence-electron chi connectivity index (χ0n) is 25.9. The Morgan fingerprint density at radius 1 is 0.911 bits per heavy atom. The minimum absolute atomic E-state index is 0.342. The van der Waals surface area contributed by atoms with Gasteiger partial charge in [0.25, 0.3) is 5.01 Å². The molecule has 0 saturated carbocycles. The van der Waals surface area contributed by atoms with Crippen LogP contribution in [0.4, 0.5) is 11.4 Å². The molecule has 0 N–H and O–H groups in total. The van der Waals surface area contributed by atoms with E-state index in [1.54, 1.807) is 11.3 Å². The summed E-state index contributed by atoms with van der Waals surface area (Å²) < 4.78 is 8.44. The summed E-state index contributed by atoms with van der Waals surface area (Å²) in [5.74, 6) is 0.623. The topological polar surface area (TPSA) is 36.7 Å². The largest absolute Gasteiger partial charge is 0.465 e. The van der Waals surface area contributed by atoms with E-state index in [4.69, 9.17) is 4.74 Å². The molecule has 7 heteroatoms. The number of hydrogen-bond acceptors (Lipinski definition) is 6. The summed E-state index contributed by atoms with van der Waals surface area (Å²) in [6.07, 6.45) is 6.85. The van der Waals surface area contributed by atoms with Crippen LogP contribution in [0.25, 0.3) is 27.4 Å². The predicted molar refractivity (Wildman–Crippen MR) is 191 cm³/mol. The molecule has 4 aromatic carbocycles. The first kappa shape index (κ1) is 30.6. The third-order valence-corrected chi connectivity index (χ3v) is 9.91. The summed E-state index contributed by atoms with van der Waals surface area (Å²) in [5.41, 5.74) is 8.39. The Bertz CT molecular complexity index is 1920. The first-order valence-electron chi connectivity index (χ1n) is 14.9. The summed E-state index contributed by atoms with van der Waals surface area (Å²) in [6.45, 7) is 0.978. The van der Waals surface area contributed by atoms with Gasteiger partial charge in [-0.15, -0.1) is 11.8 Å². The average Bonchev–Trinajstić information content (AvgIpc) is 3.39. The summed E-state index contributed by atoms with van der Waals surface area (Å²) >= 11 is 3.64. The van der Waals surface area contributed by atoms with Crippen LogP contribution in [0.15, 0.2) is 120 Å². The van der Waals surface area contributed by atoms with Crippen LogP contribution in [0.5, 0.6) is 0 Å². The number of para-hydroxylation sites is 3. The molecule has 5 nitrogen and oxygen atoms in total. The molecule has 0 fully saturated rings. The lowest BCUT2D eigenvalue weighted by Gasteiger charge is -2.33. The van der Waals surface area contributed by atoms with Gasteiger partial charge in [-0.1, -0.05) is 72.0 Å². The molecule has 5 aromatic rings. The van der Waals surface area contributed by atoms with Crippen molar-refractivity contribution in [3.8, 4) is 0 Å². The number of ether oxygens (including phenoxy) is 1. The lowest BCUT2D eigenvalue weighted by molar-refractivity contribution is -0.642. The molecule has 0 amide bonds. The quantitative estimate of drug-likeness (QED) is 0.121. The number of methoxy groups -OCH3 is 1. The third kappa shape index (κ3) is 6.66. The summed E-state index contributed by atoms with van der Waals surface area (Å²) in [7, 11) is 7.75. The Labute approximate surface area is 273 Å². The summed E-state index contributed by atoms with van der Waals surface area (Å²) in [6, 6.07) is 35.4. The molecule has 0 saturated heterocycles. The van der Waals surface area contributed by atoms with E-state index in [-0.39, 0.29) is 5.97 Å². The maximum absolute atomic E-state index is 12.2. The molecule has 226 valence electrons. The molecular formula is C38H36N3O2S2+. The first-order chi connectivity index (χ1) is 21.9. The van der Waals surface area contributed by atoms with Gasteiger partial charge in [0.1, 0.15) is 11.7 Å². The number of anilines is 2. The van der Waals surface area contributed by atoms with Crippen molar-refractivity contribution in [3.63, 3.8) is 0 Å². The number of nitrogens with zero attached hydrogens (tertiary/aromatic N) is 3. The molecule has 1 aliphatic rings. The number of benzene rings is 4. The number of aryl methyl sites for hydroxylation is 1. The van der Waals surface area contributed by atoms with Gasteiger partial charge < -0.3 is 14.5 Å². The number of allylic oxidation sites excluding steroid dienone is 4. The number of aromatic nitrogens is 1. The number of thiazole rings is 1. The van der Waals surface area contributed by atoms with Crippen molar-refractivity contribution in [3.05, 3.63) is 142 Å². The average molecular weight is 631 g/mol. The molecule has 0 atom stereocenters. The second kappa shape index (κ2) is 13.7. The van der Waals surface area contributed by atoms with Crippen molar-refractivity contribution in [2.45, 2.75) is 0 Å². The highest BCUT2D eigenvalue weighted by Crippen LogP contribution is 2.45. The highest BCUT2D eigenvalue weighted by molar-refractivity contribution is 8.03. The molecule has 6 rings (SSSR count). The van der Waals surface area contributed by atoms with E-state index in [2.05, 4.69) is 133 Å². The summed E-state index contributed by atoms with van der Waals surface area (Å²) in [5, 5.41) is 2.32. The second-order valence-corrected chi connectivity index (χ2v) is 13.2. The number of hydrogen-bond donors (Lipinski definition) is 0. The van der Waals surface area contributed by atoms with Crippen molar-refractivity contribution < 1.29 is 14.1 Å². The van der Waals surface area contributed by atoms with Crippen molar-refractivity contribution in [1.82, 2.24) is 4.90 Å². The second-order valence-electron chi connectivity index (χ2n) is 11.1. The zero-order chi connectivity index (χ0) is 31.3. The van der Waals surface area contributed by atoms with Gasteiger partial charge in [0, 0.05) is 35.7 Å². The molecule has 1 aromatic heterocycles. The molecule has 0 spiro atoms. The van der Waals surface area contributed by atoms with E-state index >= 15 is 0 Å². The predicted octanol–water partition coefficient (Wildman–Crippen LogP) is 8.42. The zero-order valence-corrected chi connectivity index (χ0v) is 27.6. The Morgan fingerprint density at radius 2 is 1.60 bits per heavy atom. The Morgan fingerprint density at radius 3 is 2.33 bits per heavy atom. The van der Waals surface area contributed by atoms with Crippen LogP contribution >= 0.6 is 23.1 Å². The SMILES string of the molecule is COC(=O)c1ccc(C(=C\c2sc3ccccc3[n+]2C)/C=C2\C=C(SCCN(C)C)N(c3ccccc3)c3ccccc32)cc1. The van der Waals surface area contributed by atoms with Gasteiger partial charge >= 0.3 is 5.97 Å². The molecule has 1 aliphatic heterocycles. The lowest BCUT2D eigenvalue weighted by atomic mass is 9.94. The normalized spacial score (nSPS) is 14.2. The van der Waals surface area contributed by atoms with Gasteiger partial charge in [0.05, 0.1) is 23.4 Å². The highest BCUT2D eigenvalue weighted by Gasteiger charge is 2.25.